The van der Waals surface area contributed by atoms with E-state index in [2.05, 4.69) is 5.32 Å². The normalized spacial score (nSPS) is 11.7. The van der Waals surface area contributed by atoms with Crippen LogP contribution in [0.4, 0.5) is 0 Å². The molecule has 0 aliphatic carbocycles. The van der Waals surface area contributed by atoms with Gasteiger partial charge in [0.25, 0.3) is 0 Å². The molecule has 0 bridgehead atoms. The quantitative estimate of drug-likeness (QED) is 0.853. The van der Waals surface area contributed by atoms with Crippen molar-refractivity contribution >= 4 is 11.8 Å². The molecule has 1 unspecified atom stereocenters. The molecule has 0 saturated carbocycles. The fourth-order valence-electron chi connectivity index (χ4n) is 1.91. The van der Waals surface area contributed by atoms with E-state index in [1.807, 2.05) is 44.2 Å². The molecule has 1 atom stereocenters. The van der Waals surface area contributed by atoms with E-state index in [1.165, 1.54) is 6.92 Å². The van der Waals surface area contributed by atoms with Crippen LogP contribution in [0.1, 0.15) is 38.8 Å². The van der Waals surface area contributed by atoms with Gasteiger partial charge in [0.1, 0.15) is 6.54 Å². The Morgan fingerprint density at radius 1 is 1.26 bits per heavy atom. The first-order valence-corrected chi connectivity index (χ1v) is 6.65. The summed E-state index contributed by atoms with van der Waals surface area (Å²) in [5.74, 6) is -0.206. The fraction of sp³-hybridized carbons (Fsp3) is 0.467. The number of amides is 2. The van der Waals surface area contributed by atoms with Crippen molar-refractivity contribution in [1.29, 1.82) is 0 Å². The lowest BCUT2D eigenvalue weighted by Gasteiger charge is -2.28. The molecular weight excluding hydrogens is 240 g/mol. The second-order valence-corrected chi connectivity index (χ2v) is 4.58. The van der Waals surface area contributed by atoms with Gasteiger partial charge in [-0.15, -0.1) is 0 Å². The molecule has 4 nitrogen and oxygen atoms in total. The van der Waals surface area contributed by atoms with Gasteiger partial charge in [0, 0.05) is 13.5 Å². The van der Waals surface area contributed by atoms with Crippen LogP contribution in [0.2, 0.25) is 0 Å². The van der Waals surface area contributed by atoms with Gasteiger partial charge in [-0.3, -0.25) is 9.59 Å². The predicted molar refractivity (Wildman–Crippen MR) is 75.5 cm³/mol. The van der Waals surface area contributed by atoms with Crippen molar-refractivity contribution < 1.29 is 9.59 Å². The molecule has 0 aliphatic heterocycles. The number of carbonyl (C=O) groups excluding carboxylic acids is 2. The van der Waals surface area contributed by atoms with Gasteiger partial charge in [-0.2, -0.15) is 0 Å². The van der Waals surface area contributed by atoms with Crippen LogP contribution in [0.15, 0.2) is 30.3 Å². The van der Waals surface area contributed by atoms with Crippen LogP contribution < -0.4 is 5.32 Å². The fourth-order valence-corrected chi connectivity index (χ4v) is 1.91. The lowest BCUT2D eigenvalue weighted by atomic mass is 10.1. The van der Waals surface area contributed by atoms with Gasteiger partial charge in [-0.05, 0) is 18.9 Å². The molecule has 1 aromatic carbocycles. The molecule has 0 aliphatic rings. The molecule has 2 amide bonds. The van der Waals surface area contributed by atoms with E-state index in [9.17, 15) is 9.59 Å². The van der Waals surface area contributed by atoms with Crippen LogP contribution in [0.25, 0.3) is 0 Å². The summed E-state index contributed by atoms with van der Waals surface area (Å²) in [7, 11) is 0. The molecule has 0 saturated heterocycles. The molecule has 4 heteroatoms. The molecule has 0 radical (unpaired) electrons. The molecule has 1 rings (SSSR count). The molecule has 0 aromatic heterocycles. The Hall–Kier alpha value is -1.84. The Labute approximate surface area is 114 Å². The summed E-state index contributed by atoms with van der Waals surface area (Å²) in [5.41, 5.74) is 1.03. The lowest BCUT2D eigenvalue weighted by molar-refractivity contribution is -0.136. The summed E-state index contributed by atoms with van der Waals surface area (Å²) < 4.78 is 0. The largest absolute Gasteiger partial charge is 0.355 e. The first-order valence-electron chi connectivity index (χ1n) is 6.65. The van der Waals surface area contributed by atoms with Crippen molar-refractivity contribution in [2.45, 2.75) is 33.2 Å². The lowest BCUT2D eigenvalue weighted by Crippen LogP contribution is -2.41. The average molecular weight is 262 g/mol. The monoisotopic (exact) mass is 262 g/mol. The van der Waals surface area contributed by atoms with E-state index in [0.29, 0.717) is 6.54 Å². The number of hydrogen-bond acceptors (Lipinski definition) is 2. The van der Waals surface area contributed by atoms with Gasteiger partial charge in [0.05, 0.1) is 6.04 Å². The summed E-state index contributed by atoms with van der Waals surface area (Å²) in [5, 5.41) is 2.79. The van der Waals surface area contributed by atoms with E-state index in [0.717, 1.165) is 12.0 Å². The van der Waals surface area contributed by atoms with Crippen molar-refractivity contribution in [2.75, 3.05) is 13.1 Å². The predicted octanol–water partition coefficient (Wildman–Crippen LogP) is 2.12. The Balaban J connectivity index is 2.72. The third kappa shape index (κ3) is 4.73. The molecule has 19 heavy (non-hydrogen) atoms. The molecule has 1 N–H and O–H groups in total. The first-order chi connectivity index (χ1) is 9.06. The maximum atomic E-state index is 11.7. The van der Waals surface area contributed by atoms with Crippen molar-refractivity contribution in [2.24, 2.45) is 0 Å². The summed E-state index contributed by atoms with van der Waals surface area (Å²) in [6.45, 7) is 6.17. The van der Waals surface area contributed by atoms with E-state index in [4.69, 9.17) is 0 Å². The minimum Gasteiger partial charge on any atom is -0.355 e. The van der Waals surface area contributed by atoms with Gasteiger partial charge >= 0.3 is 0 Å². The number of nitrogens with zero attached hydrogens (tertiary/aromatic N) is 1. The average Bonchev–Trinajstić information content (AvgIpc) is 2.42. The smallest absolute Gasteiger partial charge is 0.239 e. The molecule has 0 fully saturated rings. The highest BCUT2D eigenvalue weighted by Gasteiger charge is 2.20. The maximum Gasteiger partial charge on any atom is 0.239 e. The molecule has 1 aromatic rings. The van der Waals surface area contributed by atoms with Gasteiger partial charge in [-0.1, -0.05) is 37.3 Å². The minimum atomic E-state index is -0.111. The summed E-state index contributed by atoms with van der Waals surface area (Å²) in [6, 6.07) is 9.62. The standard InChI is InChI=1S/C15H22N2O2/c1-4-10-16-15(19)11-17(13(3)18)12(2)14-8-6-5-7-9-14/h5-9,12H,4,10-11H2,1-3H3,(H,16,19). The van der Waals surface area contributed by atoms with Crippen LogP contribution in [0.5, 0.6) is 0 Å². The zero-order valence-corrected chi connectivity index (χ0v) is 11.8. The third-order valence-corrected chi connectivity index (χ3v) is 3.04. The van der Waals surface area contributed by atoms with Crippen LogP contribution in [0, 0.1) is 0 Å². The number of nitrogens with one attached hydrogen (secondary N) is 1. The van der Waals surface area contributed by atoms with Crippen molar-refractivity contribution in [1.82, 2.24) is 10.2 Å². The Kier molecular flexibility index (Phi) is 6.06. The van der Waals surface area contributed by atoms with Gasteiger partial charge in [0.2, 0.25) is 11.8 Å². The van der Waals surface area contributed by atoms with E-state index < -0.39 is 0 Å². The van der Waals surface area contributed by atoms with Crippen LogP contribution in [0.3, 0.4) is 0 Å². The van der Waals surface area contributed by atoms with Gasteiger partial charge in [0.15, 0.2) is 0 Å². The van der Waals surface area contributed by atoms with Crippen LogP contribution >= 0.6 is 0 Å². The highest BCUT2D eigenvalue weighted by molar-refractivity contribution is 5.84. The second kappa shape index (κ2) is 7.56. The Bertz CT molecular complexity index is 417. The highest BCUT2D eigenvalue weighted by Crippen LogP contribution is 2.19. The van der Waals surface area contributed by atoms with Gasteiger partial charge < -0.3 is 10.2 Å². The molecule has 0 heterocycles. The number of carbonyl (C=O) groups is 2. The summed E-state index contributed by atoms with van der Waals surface area (Å²) in [6.07, 6.45) is 0.889. The van der Waals surface area contributed by atoms with Crippen LogP contribution in [-0.4, -0.2) is 29.8 Å². The molecule has 104 valence electrons. The first kappa shape index (κ1) is 15.2. The number of benzene rings is 1. The topological polar surface area (TPSA) is 49.4 Å². The Morgan fingerprint density at radius 2 is 1.89 bits per heavy atom. The molecule has 0 spiro atoms. The minimum absolute atomic E-state index is 0.0944. The Morgan fingerprint density at radius 3 is 2.42 bits per heavy atom. The second-order valence-electron chi connectivity index (χ2n) is 4.58. The SMILES string of the molecule is CCCNC(=O)CN(C(C)=O)C(C)c1ccccc1. The van der Waals surface area contributed by atoms with E-state index in [-0.39, 0.29) is 24.4 Å². The summed E-state index contributed by atoms with van der Waals surface area (Å²) in [4.78, 5) is 25.0. The van der Waals surface area contributed by atoms with E-state index in [1.54, 1.807) is 4.90 Å². The van der Waals surface area contributed by atoms with E-state index >= 15 is 0 Å². The number of hydrogen-bond donors (Lipinski definition) is 1. The van der Waals surface area contributed by atoms with Crippen LogP contribution in [-0.2, 0) is 9.59 Å². The number of rotatable bonds is 6. The highest BCUT2D eigenvalue weighted by atomic mass is 16.2. The summed E-state index contributed by atoms with van der Waals surface area (Å²) >= 11 is 0. The zero-order chi connectivity index (χ0) is 14.3. The molecular formula is C15H22N2O2. The van der Waals surface area contributed by atoms with Crippen molar-refractivity contribution in [3.05, 3.63) is 35.9 Å². The zero-order valence-electron chi connectivity index (χ0n) is 11.8. The van der Waals surface area contributed by atoms with Gasteiger partial charge in [-0.25, -0.2) is 0 Å². The third-order valence-electron chi connectivity index (χ3n) is 3.04. The van der Waals surface area contributed by atoms with Crippen molar-refractivity contribution in [3.8, 4) is 0 Å². The maximum absolute atomic E-state index is 11.7. The van der Waals surface area contributed by atoms with Crippen molar-refractivity contribution in [3.63, 3.8) is 0 Å².